The molecule has 0 saturated carbocycles. The van der Waals surface area contributed by atoms with Crippen LogP contribution in [0.15, 0.2) is 30.3 Å². The van der Waals surface area contributed by atoms with E-state index in [0.717, 1.165) is 40.1 Å². The van der Waals surface area contributed by atoms with E-state index in [0.29, 0.717) is 6.61 Å². The van der Waals surface area contributed by atoms with Crippen molar-refractivity contribution in [3.63, 3.8) is 0 Å². The Morgan fingerprint density at radius 1 is 0.931 bits per heavy atom. The van der Waals surface area contributed by atoms with Gasteiger partial charge in [0.2, 0.25) is 0 Å². The maximum atomic E-state index is 6.89. The average Bonchev–Trinajstić information content (AvgIpc) is 3.16. The first-order chi connectivity index (χ1) is 14.2. The second-order valence-electron chi connectivity index (χ2n) is 8.24. The Labute approximate surface area is 179 Å². The van der Waals surface area contributed by atoms with Gasteiger partial charge in [-0.25, -0.2) is 0 Å². The number of methoxy groups -OCH3 is 1. The van der Waals surface area contributed by atoms with E-state index in [9.17, 15) is 0 Å². The van der Waals surface area contributed by atoms with Crippen LogP contribution in [0.1, 0.15) is 51.4 Å². The van der Waals surface area contributed by atoms with Gasteiger partial charge < -0.3 is 0 Å². The zero-order chi connectivity index (χ0) is 20.3. The summed E-state index contributed by atoms with van der Waals surface area (Å²) >= 11 is -3.21. The predicted octanol–water partition coefficient (Wildman–Crippen LogP) is 4.30. The zero-order valence-electron chi connectivity index (χ0n) is 17.8. The van der Waals surface area contributed by atoms with E-state index in [1.165, 1.54) is 0 Å². The van der Waals surface area contributed by atoms with Gasteiger partial charge >= 0.3 is 179 Å². The molecule has 0 amide bonds. The Kier molecular flexibility index (Phi) is 7.53. The second-order valence-corrected chi connectivity index (χ2v) is 17.6. The van der Waals surface area contributed by atoms with Gasteiger partial charge in [-0.15, -0.1) is 0 Å². The first-order valence-electron chi connectivity index (χ1n) is 11.1. The summed E-state index contributed by atoms with van der Waals surface area (Å²) in [6.45, 7) is 4.91. The van der Waals surface area contributed by atoms with Crippen LogP contribution in [0.5, 0.6) is 0 Å². The van der Waals surface area contributed by atoms with Crippen LogP contribution in [-0.4, -0.2) is 63.6 Å². The molecule has 6 nitrogen and oxygen atoms in total. The maximum absolute atomic E-state index is 6.89. The fourth-order valence-electron chi connectivity index (χ4n) is 4.55. The molecule has 0 spiro atoms. The molecule has 29 heavy (non-hydrogen) atoms. The standard InChI is InChI=1S/C14H16O6.2C4H9.Sn/c1-17-14-11(16)10(15)12-9(19-14)7-18-13(20-12)8-5-3-2-4-6-8;2*1-3-4-2;/h2-6,9-14H,7H2,1H3;2*1,3-4H2,2H3;/q-2;;;+2/t9-,10-,11+,12-,13-,14+;;;/m1.../s1. The van der Waals surface area contributed by atoms with E-state index in [1.807, 2.05) is 30.3 Å². The van der Waals surface area contributed by atoms with Gasteiger partial charge in [-0.1, -0.05) is 0 Å². The van der Waals surface area contributed by atoms with Gasteiger partial charge in [0.1, 0.15) is 0 Å². The molecule has 162 valence electrons. The Balaban J connectivity index is 1.55. The van der Waals surface area contributed by atoms with Crippen molar-refractivity contribution in [2.24, 2.45) is 0 Å². The molecule has 3 aliphatic heterocycles. The van der Waals surface area contributed by atoms with Crippen molar-refractivity contribution < 1.29 is 25.1 Å². The summed E-state index contributed by atoms with van der Waals surface area (Å²) in [6.07, 6.45) is 3.04. The molecule has 7 heteroatoms. The van der Waals surface area contributed by atoms with Crippen LogP contribution in [0.3, 0.4) is 0 Å². The van der Waals surface area contributed by atoms with Crippen LogP contribution in [0.2, 0.25) is 8.87 Å². The van der Waals surface area contributed by atoms with Crippen molar-refractivity contribution in [2.75, 3.05) is 13.7 Å². The minimum atomic E-state index is -3.21. The van der Waals surface area contributed by atoms with Gasteiger partial charge in [0.05, 0.1) is 0 Å². The predicted molar refractivity (Wildman–Crippen MR) is 111 cm³/mol. The Hall–Kier alpha value is -0.221. The van der Waals surface area contributed by atoms with E-state index < -0.39 is 31.8 Å². The van der Waals surface area contributed by atoms with Gasteiger partial charge in [-0.3, -0.25) is 0 Å². The third-order valence-corrected chi connectivity index (χ3v) is 16.5. The van der Waals surface area contributed by atoms with Crippen LogP contribution >= 0.6 is 0 Å². The van der Waals surface area contributed by atoms with Crippen molar-refractivity contribution in [1.82, 2.24) is 0 Å². The van der Waals surface area contributed by atoms with Crippen molar-refractivity contribution in [3.05, 3.63) is 35.9 Å². The number of fused-ring (bicyclic) bond motifs is 3. The van der Waals surface area contributed by atoms with Gasteiger partial charge in [-0.2, -0.15) is 0 Å². The molecular weight excluding hydrogens is 479 g/mol. The van der Waals surface area contributed by atoms with E-state index in [4.69, 9.17) is 25.1 Å². The molecule has 0 aromatic heterocycles. The molecule has 1 aromatic rings. The third-order valence-electron chi connectivity index (χ3n) is 6.11. The molecule has 0 aliphatic carbocycles. The van der Waals surface area contributed by atoms with Crippen molar-refractivity contribution in [2.45, 2.75) is 85.4 Å². The number of unbranched alkanes of at least 4 members (excludes halogenated alkanes) is 2. The summed E-state index contributed by atoms with van der Waals surface area (Å²) in [4.78, 5) is 0. The zero-order valence-corrected chi connectivity index (χ0v) is 20.6. The van der Waals surface area contributed by atoms with Crippen molar-refractivity contribution in [1.29, 1.82) is 0 Å². The van der Waals surface area contributed by atoms with E-state index in [2.05, 4.69) is 13.8 Å². The Morgan fingerprint density at radius 3 is 2.28 bits per heavy atom. The van der Waals surface area contributed by atoms with Gasteiger partial charge in [-0.05, 0) is 0 Å². The number of hydrogen-bond acceptors (Lipinski definition) is 6. The molecule has 0 bridgehead atoms. The molecule has 6 atom stereocenters. The molecule has 3 heterocycles. The summed E-state index contributed by atoms with van der Waals surface area (Å²) in [7, 11) is 1.68. The van der Waals surface area contributed by atoms with E-state index >= 15 is 0 Å². The van der Waals surface area contributed by atoms with E-state index in [1.54, 1.807) is 7.11 Å². The van der Waals surface area contributed by atoms with Crippen LogP contribution in [0, 0.1) is 0 Å². The SMILES string of the molecule is CCC[CH2][Sn]1([CH2]CCC)[O][C@@H]2[C@H]([O]1)[C@@H](OC)O[C@@H]1CO[C@@H](c3ccccc3)O[C@@H]21. The number of ether oxygens (including phenoxy) is 4. The third kappa shape index (κ3) is 4.68. The first-order valence-corrected chi connectivity index (χ1v) is 17.4. The molecule has 0 N–H and O–H groups in total. The van der Waals surface area contributed by atoms with Gasteiger partial charge in [0.25, 0.3) is 0 Å². The molecule has 0 unspecified atom stereocenters. The monoisotopic (exact) mass is 514 g/mol. The Bertz CT molecular complexity index is 635. The summed E-state index contributed by atoms with van der Waals surface area (Å²) in [5, 5.41) is 0. The fourth-order valence-corrected chi connectivity index (χ4v) is 16.2. The molecule has 4 rings (SSSR count). The molecule has 3 saturated heterocycles. The van der Waals surface area contributed by atoms with Gasteiger partial charge in [0.15, 0.2) is 0 Å². The normalized spacial score (nSPS) is 35.8. The summed E-state index contributed by atoms with van der Waals surface area (Å²) < 4.78 is 40.1. The number of benzene rings is 1. The topological polar surface area (TPSA) is 55.4 Å². The average molecular weight is 513 g/mol. The van der Waals surface area contributed by atoms with E-state index in [-0.39, 0.29) is 24.4 Å². The molecule has 3 fully saturated rings. The summed E-state index contributed by atoms with van der Waals surface area (Å²) in [5.41, 5.74) is 1.02. The summed E-state index contributed by atoms with van der Waals surface area (Å²) in [6, 6.07) is 10.1. The number of hydrogen-bond donors (Lipinski definition) is 0. The summed E-state index contributed by atoms with van der Waals surface area (Å²) in [5.74, 6) is 0. The van der Waals surface area contributed by atoms with Crippen LogP contribution in [0.4, 0.5) is 0 Å². The fraction of sp³-hybridized carbons (Fsp3) is 0.727. The number of rotatable bonds is 8. The van der Waals surface area contributed by atoms with Gasteiger partial charge in [0, 0.05) is 0 Å². The molecule has 1 aromatic carbocycles. The molecular formula is C22H34O6Sn. The Morgan fingerprint density at radius 2 is 1.62 bits per heavy atom. The van der Waals surface area contributed by atoms with Crippen LogP contribution in [-0.2, 0) is 25.1 Å². The minimum absolute atomic E-state index is 0.140. The van der Waals surface area contributed by atoms with Crippen LogP contribution in [0.25, 0.3) is 0 Å². The van der Waals surface area contributed by atoms with Crippen molar-refractivity contribution >= 4 is 19.2 Å². The molecule has 0 radical (unpaired) electrons. The quantitative estimate of drug-likeness (QED) is 0.484. The van der Waals surface area contributed by atoms with Crippen LogP contribution < -0.4 is 0 Å². The molecule has 3 aliphatic rings. The van der Waals surface area contributed by atoms with Crippen molar-refractivity contribution in [3.8, 4) is 0 Å². The second kappa shape index (κ2) is 9.93. The first kappa shape index (κ1) is 22.0.